The second-order valence-corrected chi connectivity index (χ2v) is 8.17. The van der Waals surface area contributed by atoms with Crippen molar-refractivity contribution >= 4 is 28.8 Å². The molecule has 144 valence electrons. The predicted octanol–water partition coefficient (Wildman–Crippen LogP) is 4.47. The summed E-state index contributed by atoms with van der Waals surface area (Å²) in [5.41, 5.74) is 2.70. The Labute approximate surface area is 172 Å². The van der Waals surface area contributed by atoms with Crippen LogP contribution in [0.3, 0.4) is 0 Å². The SMILES string of the molecule is O=C(NCC(c1ccc(Cl)cc1)N1CCc2sccc2C1)c1ccnc(F)c1. The molecule has 0 radical (unpaired) electrons. The van der Waals surface area contributed by atoms with Crippen LogP contribution in [0.1, 0.15) is 32.4 Å². The third-order valence-corrected chi connectivity index (χ3v) is 6.25. The van der Waals surface area contributed by atoms with Crippen molar-refractivity contribution in [1.29, 1.82) is 0 Å². The Morgan fingerprint density at radius 3 is 2.89 bits per heavy atom. The molecule has 1 atom stereocenters. The minimum atomic E-state index is -0.664. The van der Waals surface area contributed by atoms with Gasteiger partial charge in [-0.15, -0.1) is 11.3 Å². The van der Waals surface area contributed by atoms with E-state index in [1.807, 2.05) is 24.3 Å². The molecule has 0 aliphatic carbocycles. The van der Waals surface area contributed by atoms with Gasteiger partial charge in [0.05, 0.1) is 6.04 Å². The van der Waals surface area contributed by atoms with Crippen molar-refractivity contribution in [2.24, 2.45) is 0 Å². The number of hydrogen-bond donors (Lipinski definition) is 1. The third kappa shape index (κ3) is 4.24. The molecule has 1 unspecified atom stereocenters. The number of pyridine rings is 1. The highest BCUT2D eigenvalue weighted by atomic mass is 35.5. The Morgan fingerprint density at radius 1 is 1.29 bits per heavy atom. The highest BCUT2D eigenvalue weighted by Crippen LogP contribution is 2.30. The molecule has 1 amide bonds. The lowest BCUT2D eigenvalue weighted by Crippen LogP contribution is -2.40. The zero-order valence-electron chi connectivity index (χ0n) is 15.1. The molecule has 3 aromatic rings. The standard InChI is InChI=1S/C21H19ClFN3OS/c22-17-3-1-14(2-4-17)18(26-9-6-19-16(13-26)7-10-28-19)12-25-21(27)15-5-8-24-20(23)11-15/h1-5,7-8,10-11,18H,6,9,12-13H2,(H,25,27). The van der Waals surface area contributed by atoms with E-state index >= 15 is 0 Å². The average Bonchev–Trinajstić information content (AvgIpc) is 3.17. The van der Waals surface area contributed by atoms with E-state index in [4.69, 9.17) is 11.6 Å². The van der Waals surface area contributed by atoms with Gasteiger partial charge in [-0.2, -0.15) is 4.39 Å². The Kier molecular flexibility index (Phi) is 5.71. The fourth-order valence-corrected chi connectivity index (χ4v) is 4.53. The van der Waals surface area contributed by atoms with Crippen LogP contribution in [0.15, 0.2) is 54.0 Å². The quantitative estimate of drug-likeness (QED) is 0.625. The van der Waals surface area contributed by atoms with Crippen LogP contribution in [0.25, 0.3) is 0 Å². The van der Waals surface area contributed by atoms with Crippen LogP contribution in [0, 0.1) is 5.95 Å². The predicted molar refractivity (Wildman–Crippen MR) is 109 cm³/mol. The van der Waals surface area contributed by atoms with Gasteiger partial charge in [-0.1, -0.05) is 23.7 Å². The summed E-state index contributed by atoms with van der Waals surface area (Å²) in [5.74, 6) is -0.976. The largest absolute Gasteiger partial charge is 0.350 e. The molecule has 0 spiro atoms. The number of nitrogens with zero attached hydrogens (tertiary/aromatic N) is 2. The van der Waals surface area contributed by atoms with Gasteiger partial charge < -0.3 is 5.32 Å². The number of thiophene rings is 1. The van der Waals surface area contributed by atoms with Gasteiger partial charge in [0, 0.05) is 47.4 Å². The second kappa shape index (κ2) is 8.39. The Balaban J connectivity index is 1.53. The molecule has 1 N–H and O–H groups in total. The van der Waals surface area contributed by atoms with Gasteiger partial charge >= 0.3 is 0 Å². The second-order valence-electron chi connectivity index (χ2n) is 6.73. The molecule has 0 saturated carbocycles. The molecule has 28 heavy (non-hydrogen) atoms. The van der Waals surface area contributed by atoms with Crippen molar-refractivity contribution < 1.29 is 9.18 Å². The van der Waals surface area contributed by atoms with Gasteiger partial charge in [-0.05, 0) is 47.2 Å². The topological polar surface area (TPSA) is 45.2 Å². The Hall–Kier alpha value is -2.28. The number of carbonyl (C=O) groups is 1. The summed E-state index contributed by atoms with van der Waals surface area (Å²) in [4.78, 5) is 19.8. The lowest BCUT2D eigenvalue weighted by molar-refractivity contribution is 0.0927. The van der Waals surface area contributed by atoms with Gasteiger partial charge in [0.2, 0.25) is 5.95 Å². The van der Waals surface area contributed by atoms with Crippen molar-refractivity contribution in [3.8, 4) is 0 Å². The smallest absolute Gasteiger partial charge is 0.251 e. The summed E-state index contributed by atoms with van der Waals surface area (Å²) in [6.45, 7) is 2.18. The molecule has 7 heteroatoms. The maximum Gasteiger partial charge on any atom is 0.251 e. The summed E-state index contributed by atoms with van der Waals surface area (Å²) >= 11 is 7.85. The summed E-state index contributed by atoms with van der Waals surface area (Å²) in [5, 5.41) is 5.76. The maximum atomic E-state index is 13.3. The number of hydrogen-bond acceptors (Lipinski definition) is 4. The molecule has 0 fully saturated rings. The monoisotopic (exact) mass is 415 g/mol. The molecule has 2 aromatic heterocycles. The first-order valence-corrected chi connectivity index (χ1v) is 10.3. The minimum absolute atomic E-state index is 0.000880. The van der Waals surface area contributed by atoms with Crippen LogP contribution >= 0.6 is 22.9 Å². The molecular formula is C21H19ClFN3OS. The van der Waals surface area contributed by atoms with Crippen LogP contribution in [0.2, 0.25) is 5.02 Å². The number of aromatic nitrogens is 1. The molecule has 4 nitrogen and oxygen atoms in total. The van der Waals surface area contributed by atoms with Gasteiger partial charge in [-0.25, -0.2) is 4.98 Å². The molecule has 1 aliphatic rings. The zero-order chi connectivity index (χ0) is 19.5. The molecule has 0 saturated heterocycles. The molecule has 1 aliphatic heterocycles. The molecule has 0 bridgehead atoms. The van der Waals surface area contributed by atoms with E-state index < -0.39 is 5.95 Å². The highest BCUT2D eigenvalue weighted by Gasteiger charge is 2.26. The van der Waals surface area contributed by atoms with E-state index in [9.17, 15) is 9.18 Å². The summed E-state index contributed by atoms with van der Waals surface area (Å²) in [7, 11) is 0. The number of carbonyl (C=O) groups excluding carboxylic acids is 1. The van der Waals surface area contributed by atoms with Gasteiger partial charge in [0.25, 0.3) is 5.91 Å². The Morgan fingerprint density at radius 2 is 2.11 bits per heavy atom. The van der Waals surface area contributed by atoms with E-state index in [0.717, 1.165) is 31.1 Å². The van der Waals surface area contributed by atoms with Crippen molar-refractivity contribution in [2.75, 3.05) is 13.1 Å². The van der Waals surface area contributed by atoms with Crippen molar-refractivity contribution in [1.82, 2.24) is 15.2 Å². The number of benzene rings is 1. The Bertz CT molecular complexity index is 976. The van der Waals surface area contributed by atoms with Crippen molar-refractivity contribution in [2.45, 2.75) is 19.0 Å². The lowest BCUT2D eigenvalue weighted by atomic mass is 10.0. The van der Waals surface area contributed by atoms with Crippen molar-refractivity contribution in [3.05, 3.63) is 86.6 Å². The molecule has 3 heterocycles. The number of fused-ring (bicyclic) bond motifs is 1. The molecule has 1 aromatic carbocycles. The number of halogens is 2. The first kappa shape index (κ1) is 19.1. The van der Waals surface area contributed by atoms with Crippen molar-refractivity contribution in [3.63, 3.8) is 0 Å². The van der Waals surface area contributed by atoms with Crippen LogP contribution < -0.4 is 5.32 Å². The number of amides is 1. The summed E-state index contributed by atoms with van der Waals surface area (Å²) in [6, 6.07) is 12.5. The zero-order valence-corrected chi connectivity index (χ0v) is 16.6. The first-order chi connectivity index (χ1) is 13.6. The normalized spacial score (nSPS) is 15.1. The van der Waals surface area contributed by atoms with E-state index in [1.54, 1.807) is 11.3 Å². The van der Waals surface area contributed by atoms with Crippen LogP contribution in [-0.4, -0.2) is 28.9 Å². The summed E-state index contributed by atoms with van der Waals surface area (Å²) in [6.07, 6.45) is 2.30. The maximum absolute atomic E-state index is 13.3. The van der Waals surface area contributed by atoms with Gasteiger partial charge in [0.1, 0.15) is 0 Å². The van der Waals surface area contributed by atoms with E-state index in [0.29, 0.717) is 11.6 Å². The molecule has 4 rings (SSSR count). The third-order valence-electron chi connectivity index (χ3n) is 4.98. The minimum Gasteiger partial charge on any atom is -0.350 e. The summed E-state index contributed by atoms with van der Waals surface area (Å²) < 4.78 is 13.3. The number of nitrogens with one attached hydrogen (secondary N) is 1. The fraction of sp³-hybridized carbons (Fsp3) is 0.238. The van der Waals surface area contributed by atoms with Gasteiger partial charge in [0.15, 0.2) is 0 Å². The fourth-order valence-electron chi connectivity index (χ4n) is 3.51. The molecular weight excluding hydrogens is 397 g/mol. The lowest BCUT2D eigenvalue weighted by Gasteiger charge is -2.35. The first-order valence-electron chi connectivity index (χ1n) is 9.04. The van der Waals surface area contributed by atoms with Crippen LogP contribution in [0.4, 0.5) is 4.39 Å². The average molecular weight is 416 g/mol. The van der Waals surface area contributed by atoms with E-state index in [-0.39, 0.29) is 17.5 Å². The van der Waals surface area contributed by atoms with Crippen LogP contribution in [0.5, 0.6) is 0 Å². The van der Waals surface area contributed by atoms with Crippen LogP contribution in [-0.2, 0) is 13.0 Å². The van der Waals surface area contributed by atoms with Gasteiger partial charge in [-0.3, -0.25) is 9.69 Å². The highest BCUT2D eigenvalue weighted by molar-refractivity contribution is 7.10. The van der Waals surface area contributed by atoms with E-state index in [1.165, 1.54) is 22.7 Å². The van der Waals surface area contributed by atoms with E-state index in [2.05, 4.69) is 26.6 Å². The number of rotatable bonds is 5.